The topological polar surface area (TPSA) is 78.4 Å². The molecule has 0 fully saturated rings. The van der Waals surface area contributed by atoms with Crippen molar-refractivity contribution in [3.8, 4) is 12.3 Å². The number of carboxylic acids is 1. The van der Waals surface area contributed by atoms with Gasteiger partial charge in [0, 0.05) is 0 Å². The highest BCUT2D eigenvalue weighted by Gasteiger charge is 2.36. The third-order valence-corrected chi connectivity index (χ3v) is 2.74. The first-order chi connectivity index (χ1) is 8.90. The molecule has 2 atom stereocenters. The Balaban J connectivity index is 2.94. The lowest BCUT2D eigenvalue weighted by Gasteiger charge is -2.27. The summed E-state index contributed by atoms with van der Waals surface area (Å²) in [5.74, 6) is 1.18. The van der Waals surface area contributed by atoms with E-state index in [4.69, 9.17) is 6.42 Å². The molecular formula is C14H16N2O3. The van der Waals surface area contributed by atoms with E-state index in [1.807, 2.05) is 0 Å². The van der Waals surface area contributed by atoms with E-state index in [1.165, 1.54) is 6.92 Å². The fraction of sp³-hybridized carbons (Fsp3) is 0.286. The average molecular weight is 260 g/mol. The fourth-order valence-corrected chi connectivity index (χ4v) is 1.52. The highest BCUT2D eigenvalue weighted by Crippen LogP contribution is 2.20. The predicted octanol–water partition coefficient (Wildman–Crippen LogP) is 1.31. The van der Waals surface area contributed by atoms with Crippen LogP contribution in [0.2, 0.25) is 0 Å². The number of carbonyl (C=O) groups is 2. The molecule has 0 aliphatic rings. The average Bonchev–Trinajstić information content (AvgIpc) is 2.39. The van der Waals surface area contributed by atoms with Crippen molar-refractivity contribution in [1.29, 1.82) is 0 Å². The largest absolute Gasteiger partial charge is 0.479 e. The van der Waals surface area contributed by atoms with Crippen LogP contribution in [-0.2, 0) is 10.3 Å². The summed E-state index contributed by atoms with van der Waals surface area (Å²) in [7, 11) is 0. The number of hydrogen-bond acceptors (Lipinski definition) is 2. The molecule has 0 aromatic heterocycles. The van der Waals surface area contributed by atoms with Gasteiger partial charge in [-0.25, -0.2) is 9.59 Å². The Hall–Kier alpha value is -2.48. The van der Waals surface area contributed by atoms with Crippen LogP contribution in [0, 0.1) is 12.3 Å². The lowest BCUT2D eigenvalue weighted by Crippen LogP contribution is -2.54. The van der Waals surface area contributed by atoms with Crippen LogP contribution < -0.4 is 10.6 Å². The zero-order valence-electron chi connectivity index (χ0n) is 10.8. The molecule has 0 radical (unpaired) electrons. The van der Waals surface area contributed by atoms with Gasteiger partial charge in [0.2, 0.25) is 0 Å². The summed E-state index contributed by atoms with van der Waals surface area (Å²) in [4.78, 5) is 23.2. The lowest BCUT2D eigenvalue weighted by molar-refractivity contribution is -0.144. The van der Waals surface area contributed by atoms with E-state index >= 15 is 0 Å². The highest BCUT2D eigenvalue weighted by atomic mass is 16.4. The number of carbonyl (C=O) groups excluding carboxylic acids is 1. The molecule has 1 rings (SSSR count). The minimum absolute atomic E-state index is 0.478. The Morgan fingerprint density at radius 2 is 1.95 bits per heavy atom. The van der Waals surface area contributed by atoms with Gasteiger partial charge in [0.15, 0.2) is 5.54 Å². The standard InChI is InChI=1S/C14H16N2O3/c1-4-10(2)15-13(19)16-14(3,12(17)18)11-8-6-5-7-9-11/h1,5-10H,2-3H3,(H,17,18)(H2,15,16,19). The molecule has 2 amide bonds. The zero-order valence-corrected chi connectivity index (χ0v) is 10.8. The van der Waals surface area contributed by atoms with Gasteiger partial charge in [0.05, 0.1) is 6.04 Å². The van der Waals surface area contributed by atoms with Crippen molar-refractivity contribution >= 4 is 12.0 Å². The first-order valence-electron chi connectivity index (χ1n) is 5.74. The van der Waals surface area contributed by atoms with Gasteiger partial charge in [-0.2, -0.15) is 0 Å². The molecule has 5 nitrogen and oxygen atoms in total. The fourth-order valence-electron chi connectivity index (χ4n) is 1.52. The zero-order chi connectivity index (χ0) is 14.5. The van der Waals surface area contributed by atoms with E-state index in [1.54, 1.807) is 37.3 Å². The van der Waals surface area contributed by atoms with Gasteiger partial charge in [-0.1, -0.05) is 36.3 Å². The van der Waals surface area contributed by atoms with E-state index in [2.05, 4.69) is 16.6 Å². The third kappa shape index (κ3) is 3.49. The second-order valence-electron chi connectivity index (χ2n) is 4.28. The molecule has 100 valence electrons. The van der Waals surface area contributed by atoms with E-state index in [9.17, 15) is 14.7 Å². The number of nitrogens with one attached hydrogen (secondary N) is 2. The molecule has 0 saturated heterocycles. The van der Waals surface area contributed by atoms with Crippen molar-refractivity contribution in [2.75, 3.05) is 0 Å². The Bertz CT molecular complexity index is 507. The maximum absolute atomic E-state index is 11.7. The number of rotatable bonds is 4. The normalized spacial score (nSPS) is 14.6. The number of amides is 2. The maximum atomic E-state index is 11.7. The monoisotopic (exact) mass is 260 g/mol. The molecule has 0 aliphatic carbocycles. The molecule has 3 N–H and O–H groups in total. The number of hydrogen-bond donors (Lipinski definition) is 3. The quantitative estimate of drug-likeness (QED) is 0.714. The van der Waals surface area contributed by atoms with Crippen molar-refractivity contribution < 1.29 is 14.7 Å². The molecule has 1 aromatic carbocycles. The van der Waals surface area contributed by atoms with Crippen LogP contribution in [0.25, 0.3) is 0 Å². The third-order valence-electron chi connectivity index (χ3n) is 2.74. The Morgan fingerprint density at radius 3 is 2.42 bits per heavy atom. The minimum Gasteiger partial charge on any atom is -0.479 e. The minimum atomic E-state index is -1.51. The van der Waals surface area contributed by atoms with E-state index in [-0.39, 0.29) is 0 Å². The van der Waals surface area contributed by atoms with Crippen molar-refractivity contribution in [3.63, 3.8) is 0 Å². The Morgan fingerprint density at radius 1 is 1.37 bits per heavy atom. The van der Waals surface area contributed by atoms with Gasteiger partial charge in [-0.15, -0.1) is 6.42 Å². The molecule has 0 saturated carbocycles. The summed E-state index contributed by atoms with van der Waals surface area (Å²) in [6, 6.07) is 7.36. The summed E-state index contributed by atoms with van der Waals surface area (Å²) in [6.45, 7) is 3.05. The predicted molar refractivity (Wildman–Crippen MR) is 71.4 cm³/mol. The number of benzene rings is 1. The summed E-state index contributed by atoms with van der Waals surface area (Å²) in [6.07, 6.45) is 5.15. The molecule has 5 heteroatoms. The van der Waals surface area contributed by atoms with Gasteiger partial charge < -0.3 is 15.7 Å². The van der Waals surface area contributed by atoms with E-state index < -0.39 is 23.6 Å². The highest BCUT2D eigenvalue weighted by molar-refractivity contribution is 5.87. The lowest BCUT2D eigenvalue weighted by atomic mass is 9.92. The molecule has 2 unspecified atom stereocenters. The van der Waals surface area contributed by atoms with Crippen molar-refractivity contribution in [1.82, 2.24) is 10.6 Å². The van der Waals surface area contributed by atoms with Crippen LogP contribution in [0.1, 0.15) is 19.4 Å². The smallest absolute Gasteiger partial charge is 0.333 e. The summed E-state index contributed by atoms with van der Waals surface area (Å²) >= 11 is 0. The maximum Gasteiger partial charge on any atom is 0.333 e. The summed E-state index contributed by atoms with van der Waals surface area (Å²) in [5.41, 5.74) is -1.04. The number of carboxylic acid groups (broad SMARTS) is 1. The van der Waals surface area contributed by atoms with Crippen molar-refractivity contribution in [2.24, 2.45) is 0 Å². The molecule has 0 spiro atoms. The van der Waals surface area contributed by atoms with Crippen molar-refractivity contribution in [3.05, 3.63) is 35.9 Å². The number of aliphatic carboxylic acids is 1. The van der Waals surface area contributed by atoms with Crippen LogP contribution in [0.4, 0.5) is 4.79 Å². The first kappa shape index (κ1) is 14.6. The van der Waals surface area contributed by atoms with Crippen LogP contribution in [-0.4, -0.2) is 23.1 Å². The molecule has 19 heavy (non-hydrogen) atoms. The molecular weight excluding hydrogens is 244 g/mol. The number of urea groups is 1. The molecule has 0 heterocycles. The SMILES string of the molecule is C#CC(C)NC(=O)NC(C)(C(=O)O)c1ccccc1. The first-order valence-corrected chi connectivity index (χ1v) is 5.74. The van der Waals surface area contributed by atoms with Crippen molar-refractivity contribution in [2.45, 2.75) is 25.4 Å². The van der Waals surface area contributed by atoms with E-state index in [0.29, 0.717) is 5.56 Å². The van der Waals surface area contributed by atoms with Gasteiger partial charge >= 0.3 is 12.0 Å². The Labute approximate surface area is 112 Å². The van der Waals surface area contributed by atoms with Crippen LogP contribution in [0.3, 0.4) is 0 Å². The molecule has 0 bridgehead atoms. The van der Waals surface area contributed by atoms with Gasteiger partial charge in [0.1, 0.15) is 0 Å². The van der Waals surface area contributed by atoms with Crippen LogP contribution in [0.15, 0.2) is 30.3 Å². The molecule has 1 aromatic rings. The second-order valence-corrected chi connectivity index (χ2v) is 4.28. The van der Waals surface area contributed by atoms with Crippen LogP contribution >= 0.6 is 0 Å². The second kappa shape index (κ2) is 5.91. The van der Waals surface area contributed by atoms with E-state index in [0.717, 1.165) is 0 Å². The summed E-state index contributed by atoms with van der Waals surface area (Å²) < 4.78 is 0. The van der Waals surface area contributed by atoms with Gasteiger partial charge in [-0.05, 0) is 19.4 Å². The molecule has 0 aliphatic heterocycles. The summed E-state index contributed by atoms with van der Waals surface area (Å²) in [5, 5.41) is 14.2. The Kier molecular flexibility index (Phi) is 4.54. The van der Waals surface area contributed by atoms with Gasteiger partial charge in [0.25, 0.3) is 0 Å². The number of terminal acetylenes is 1. The van der Waals surface area contributed by atoms with Gasteiger partial charge in [-0.3, -0.25) is 0 Å². The van der Waals surface area contributed by atoms with Crippen LogP contribution in [0.5, 0.6) is 0 Å².